The van der Waals surface area contributed by atoms with Crippen molar-refractivity contribution in [2.45, 2.75) is 6.92 Å². The van der Waals surface area contributed by atoms with Gasteiger partial charge in [0.05, 0.1) is 5.69 Å². The van der Waals surface area contributed by atoms with Crippen molar-refractivity contribution in [3.05, 3.63) is 41.0 Å². The Morgan fingerprint density at radius 1 is 1.07 bits per heavy atom. The fraction of sp³-hybridized carbons (Fsp3) is 0.0833. The molecule has 0 aliphatic heterocycles. The van der Waals surface area contributed by atoms with Crippen LogP contribution in [0.15, 0.2) is 24.9 Å². The van der Waals surface area contributed by atoms with Gasteiger partial charge in [-0.25, -0.2) is 9.97 Å². The van der Waals surface area contributed by atoms with Crippen LogP contribution in [0.25, 0.3) is 23.3 Å². The second-order valence-electron chi connectivity index (χ2n) is 3.63. The SMILES string of the molecule is C=c1cncc2c1=C(C)c1ncncc1-2. The molecule has 0 spiro atoms. The average Bonchev–Trinajstić information content (AvgIpc) is 2.55. The Bertz CT molecular complexity index is 659. The average molecular weight is 195 g/mol. The molecule has 3 rings (SSSR count). The first-order chi connectivity index (χ1) is 7.29. The molecule has 0 fully saturated rings. The topological polar surface area (TPSA) is 38.7 Å². The number of nitrogens with zero attached hydrogens (tertiary/aromatic N) is 3. The summed E-state index contributed by atoms with van der Waals surface area (Å²) in [5.74, 6) is 0. The summed E-state index contributed by atoms with van der Waals surface area (Å²) in [6.45, 7) is 6.06. The van der Waals surface area contributed by atoms with Crippen LogP contribution < -0.4 is 10.4 Å². The van der Waals surface area contributed by atoms with E-state index in [1.807, 2.05) is 12.4 Å². The number of rotatable bonds is 0. The van der Waals surface area contributed by atoms with Crippen molar-refractivity contribution in [1.82, 2.24) is 15.0 Å². The van der Waals surface area contributed by atoms with Crippen LogP contribution in [0.3, 0.4) is 0 Å². The van der Waals surface area contributed by atoms with E-state index in [-0.39, 0.29) is 0 Å². The Morgan fingerprint density at radius 2 is 1.87 bits per heavy atom. The van der Waals surface area contributed by atoms with Gasteiger partial charge in [-0.05, 0) is 22.9 Å². The zero-order valence-electron chi connectivity index (χ0n) is 8.36. The third-order valence-electron chi connectivity index (χ3n) is 2.76. The van der Waals surface area contributed by atoms with Crippen molar-refractivity contribution < 1.29 is 0 Å². The van der Waals surface area contributed by atoms with E-state index in [1.54, 1.807) is 12.5 Å². The van der Waals surface area contributed by atoms with Crippen LogP contribution in [0, 0.1) is 0 Å². The molecule has 3 nitrogen and oxygen atoms in total. The van der Waals surface area contributed by atoms with Crippen molar-refractivity contribution in [2.24, 2.45) is 0 Å². The van der Waals surface area contributed by atoms with Gasteiger partial charge in [-0.15, -0.1) is 0 Å². The number of fused-ring (bicyclic) bond motifs is 3. The predicted molar refractivity (Wildman–Crippen MR) is 58.2 cm³/mol. The smallest absolute Gasteiger partial charge is 0.116 e. The Morgan fingerprint density at radius 3 is 2.73 bits per heavy atom. The molecule has 0 N–H and O–H groups in total. The van der Waals surface area contributed by atoms with Crippen molar-refractivity contribution >= 4 is 12.2 Å². The maximum atomic E-state index is 4.29. The highest BCUT2D eigenvalue weighted by Crippen LogP contribution is 2.26. The van der Waals surface area contributed by atoms with E-state index in [0.29, 0.717) is 0 Å². The zero-order valence-corrected chi connectivity index (χ0v) is 8.36. The Kier molecular flexibility index (Phi) is 1.51. The lowest BCUT2D eigenvalue weighted by molar-refractivity contribution is 1.15. The van der Waals surface area contributed by atoms with E-state index < -0.39 is 0 Å². The van der Waals surface area contributed by atoms with E-state index in [9.17, 15) is 0 Å². The Hall–Kier alpha value is -2.03. The highest BCUT2D eigenvalue weighted by atomic mass is 14.8. The molecular formula is C12H9N3. The third kappa shape index (κ3) is 0.973. The van der Waals surface area contributed by atoms with Crippen molar-refractivity contribution in [2.75, 3.05) is 0 Å². The fourth-order valence-corrected chi connectivity index (χ4v) is 2.09. The molecule has 0 radical (unpaired) electrons. The maximum Gasteiger partial charge on any atom is 0.116 e. The van der Waals surface area contributed by atoms with E-state index in [4.69, 9.17) is 0 Å². The molecule has 2 aromatic heterocycles. The monoisotopic (exact) mass is 195 g/mol. The maximum absolute atomic E-state index is 4.29. The molecule has 0 saturated heterocycles. The minimum atomic E-state index is 0.947. The van der Waals surface area contributed by atoms with Gasteiger partial charge < -0.3 is 0 Å². The van der Waals surface area contributed by atoms with E-state index >= 15 is 0 Å². The minimum absolute atomic E-state index is 0.947. The van der Waals surface area contributed by atoms with Gasteiger partial charge in [-0.1, -0.05) is 6.58 Å². The summed E-state index contributed by atoms with van der Waals surface area (Å²) in [6.07, 6.45) is 7.04. The molecular weight excluding hydrogens is 186 g/mol. The van der Waals surface area contributed by atoms with Gasteiger partial charge in [0, 0.05) is 29.7 Å². The predicted octanol–water partition coefficient (Wildman–Crippen LogP) is 0.481. The van der Waals surface area contributed by atoms with E-state index in [1.165, 1.54) is 0 Å². The Labute approximate surface area is 86.9 Å². The molecule has 2 heterocycles. The lowest BCUT2D eigenvalue weighted by Crippen LogP contribution is -2.25. The van der Waals surface area contributed by atoms with Crippen LogP contribution in [0.5, 0.6) is 0 Å². The normalized spacial score (nSPS) is 12.5. The fourth-order valence-electron chi connectivity index (χ4n) is 2.09. The summed E-state index contributed by atoms with van der Waals surface area (Å²) >= 11 is 0. The second kappa shape index (κ2) is 2.73. The molecule has 3 heteroatoms. The lowest BCUT2D eigenvalue weighted by atomic mass is 10.1. The molecule has 15 heavy (non-hydrogen) atoms. The first-order valence-electron chi connectivity index (χ1n) is 4.73. The molecule has 1 aliphatic rings. The number of aromatic nitrogens is 3. The van der Waals surface area contributed by atoms with Crippen LogP contribution in [0.2, 0.25) is 0 Å². The quantitative estimate of drug-likeness (QED) is 0.613. The lowest BCUT2D eigenvalue weighted by Gasteiger charge is -1.97. The minimum Gasteiger partial charge on any atom is -0.263 e. The Balaban J connectivity index is 2.58. The van der Waals surface area contributed by atoms with Gasteiger partial charge in [0.2, 0.25) is 0 Å². The highest BCUT2D eigenvalue weighted by molar-refractivity contribution is 5.85. The molecule has 0 aromatic carbocycles. The largest absolute Gasteiger partial charge is 0.263 e. The van der Waals surface area contributed by atoms with Crippen LogP contribution in [-0.2, 0) is 0 Å². The molecule has 0 unspecified atom stereocenters. The van der Waals surface area contributed by atoms with Crippen LogP contribution >= 0.6 is 0 Å². The molecule has 0 amide bonds. The second-order valence-corrected chi connectivity index (χ2v) is 3.63. The van der Waals surface area contributed by atoms with E-state index in [0.717, 1.165) is 32.8 Å². The molecule has 72 valence electrons. The summed E-state index contributed by atoms with van der Waals surface area (Å²) in [4.78, 5) is 12.5. The van der Waals surface area contributed by atoms with E-state index in [2.05, 4.69) is 28.5 Å². The van der Waals surface area contributed by atoms with Crippen LogP contribution in [0.4, 0.5) is 0 Å². The van der Waals surface area contributed by atoms with Gasteiger partial charge >= 0.3 is 0 Å². The van der Waals surface area contributed by atoms with Crippen LogP contribution in [0.1, 0.15) is 12.6 Å². The summed E-state index contributed by atoms with van der Waals surface area (Å²) < 4.78 is 0. The summed E-state index contributed by atoms with van der Waals surface area (Å²) in [6, 6.07) is 0. The summed E-state index contributed by atoms with van der Waals surface area (Å²) in [5.41, 5.74) is 4.31. The first kappa shape index (κ1) is 8.29. The highest BCUT2D eigenvalue weighted by Gasteiger charge is 2.18. The molecule has 0 bridgehead atoms. The zero-order chi connectivity index (χ0) is 10.4. The van der Waals surface area contributed by atoms with Gasteiger partial charge in [-0.3, -0.25) is 4.98 Å². The van der Waals surface area contributed by atoms with Crippen molar-refractivity contribution in [3.8, 4) is 11.1 Å². The number of pyridine rings is 1. The third-order valence-corrected chi connectivity index (χ3v) is 2.76. The van der Waals surface area contributed by atoms with Crippen LogP contribution in [-0.4, -0.2) is 15.0 Å². The van der Waals surface area contributed by atoms with Gasteiger partial charge in [0.15, 0.2) is 0 Å². The van der Waals surface area contributed by atoms with Crippen molar-refractivity contribution in [3.63, 3.8) is 0 Å². The van der Waals surface area contributed by atoms with Crippen molar-refractivity contribution in [1.29, 1.82) is 0 Å². The van der Waals surface area contributed by atoms with Gasteiger partial charge in [0.1, 0.15) is 6.33 Å². The summed E-state index contributed by atoms with van der Waals surface area (Å²) in [5, 5.41) is 2.10. The molecule has 2 aromatic rings. The first-order valence-corrected chi connectivity index (χ1v) is 4.73. The summed E-state index contributed by atoms with van der Waals surface area (Å²) in [7, 11) is 0. The number of hydrogen-bond donors (Lipinski definition) is 0. The number of hydrogen-bond acceptors (Lipinski definition) is 3. The van der Waals surface area contributed by atoms with Gasteiger partial charge in [0.25, 0.3) is 0 Å². The molecule has 0 saturated carbocycles. The standard InChI is InChI=1S/C12H9N3/c1-7-3-13-4-9-10-5-14-6-15-12(10)8(2)11(7)9/h3-6H,1H2,2H3. The molecule has 1 aliphatic carbocycles. The molecule has 0 atom stereocenters. The van der Waals surface area contributed by atoms with Gasteiger partial charge in [-0.2, -0.15) is 0 Å².